The second kappa shape index (κ2) is 9.24. The molecule has 7 nitrogen and oxygen atoms in total. The molecule has 0 aliphatic rings. The molecular formula is C21H17F3N4O3. The van der Waals surface area contributed by atoms with E-state index in [4.69, 9.17) is 4.74 Å². The van der Waals surface area contributed by atoms with Crippen LogP contribution >= 0.6 is 0 Å². The summed E-state index contributed by atoms with van der Waals surface area (Å²) in [6.45, 7) is 1.36. The molecule has 3 rings (SSSR count). The SMILES string of the molecule is CC(=O)Nc1cc(Oc2ccc(CC(=O)Nc3ccc(C(F)(F)F)cc3)cc2)ncn1. The molecule has 0 bridgehead atoms. The molecule has 0 saturated carbocycles. The summed E-state index contributed by atoms with van der Waals surface area (Å²) in [5, 5.41) is 5.08. The zero-order chi connectivity index (χ0) is 22.4. The van der Waals surface area contributed by atoms with E-state index in [-0.39, 0.29) is 29.8 Å². The van der Waals surface area contributed by atoms with Crippen molar-refractivity contribution in [2.45, 2.75) is 19.5 Å². The molecule has 0 radical (unpaired) electrons. The molecule has 1 heterocycles. The minimum atomic E-state index is -4.43. The van der Waals surface area contributed by atoms with Gasteiger partial charge >= 0.3 is 6.18 Å². The van der Waals surface area contributed by atoms with Gasteiger partial charge in [0.1, 0.15) is 17.9 Å². The highest BCUT2D eigenvalue weighted by Crippen LogP contribution is 2.29. The van der Waals surface area contributed by atoms with Gasteiger partial charge in [-0.1, -0.05) is 12.1 Å². The number of benzene rings is 2. The number of halogens is 3. The molecule has 0 aliphatic carbocycles. The van der Waals surface area contributed by atoms with Crippen LogP contribution in [0.15, 0.2) is 60.9 Å². The van der Waals surface area contributed by atoms with Gasteiger partial charge < -0.3 is 15.4 Å². The Balaban J connectivity index is 1.56. The molecular weight excluding hydrogens is 413 g/mol. The maximum Gasteiger partial charge on any atom is 0.416 e. The highest BCUT2D eigenvalue weighted by Gasteiger charge is 2.29. The van der Waals surface area contributed by atoms with Crippen LogP contribution in [-0.2, 0) is 22.2 Å². The number of nitrogens with one attached hydrogen (secondary N) is 2. The van der Waals surface area contributed by atoms with E-state index in [1.54, 1.807) is 24.3 Å². The summed E-state index contributed by atoms with van der Waals surface area (Å²) in [5.41, 5.74) is 0.170. The van der Waals surface area contributed by atoms with Gasteiger partial charge in [-0.3, -0.25) is 9.59 Å². The van der Waals surface area contributed by atoms with E-state index < -0.39 is 11.7 Å². The number of anilines is 2. The van der Waals surface area contributed by atoms with E-state index in [1.165, 1.54) is 31.5 Å². The van der Waals surface area contributed by atoms with Crippen molar-refractivity contribution < 1.29 is 27.5 Å². The van der Waals surface area contributed by atoms with E-state index in [2.05, 4.69) is 20.6 Å². The summed E-state index contributed by atoms with van der Waals surface area (Å²) in [5.74, 6) is 0.340. The maximum atomic E-state index is 12.6. The predicted molar refractivity (Wildman–Crippen MR) is 107 cm³/mol. The molecule has 0 fully saturated rings. The Morgan fingerprint density at radius 2 is 1.65 bits per heavy atom. The summed E-state index contributed by atoms with van der Waals surface area (Å²) in [4.78, 5) is 31.1. The standard InChI is InChI=1S/C21H17F3N4O3/c1-13(29)27-18-11-20(26-12-25-18)31-17-8-2-14(3-9-17)10-19(30)28-16-6-4-15(5-7-16)21(22,23)24/h2-9,11-12H,10H2,1H3,(H,28,30)(H,25,26,27,29). The number of rotatable bonds is 6. The third kappa shape index (κ3) is 6.53. The number of alkyl halides is 3. The van der Waals surface area contributed by atoms with Crippen molar-refractivity contribution in [3.05, 3.63) is 72.1 Å². The van der Waals surface area contributed by atoms with Crippen molar-refractivity contribution in [1.29, 1.82) is 0 Å². The Morgan fingerprint density at radius 1 is 0.968 bits per heavy atom. The Morgan fingerprint density at radius 3 is 2.26 bits per heavy atom. The molecule has 1 aromatic heterocycles. The van der Waals surface area contributed by atoms with Gasteiger partial charge in [-0.2, -0.15) is 13.2 Å². The highest BCUT2D eigenvalue weighted by atomic mass is 19.4. The van der Waals surface area contributed by atoms with E-state index in [9.17, 15) is 22.8 Å². The Labute approximate surface area is 175 Å². The first-order valence-electron chi connectivity index (χ1n) is 9.02. The molecule has 0 spiro atoms. The number of carbonyl (C=O) groups is 2. The topological polar surface area (TPSA) is 93.2 Å². The molecule has 0 unspecified atom stereocenters. The molecule has 160 valence electrons. The first-order valence-corrected chi connectivity index (χ1v) is 9.02. The Hall–Kier alpha value is -3.95. The molecule has 3 aromatic rings. The largest absolute Gasteiger partial charge is 0.439 e. The first kappa shape index (κ1) is 21.8. The summed E-state index contributed by atoms with van der Waals surface area (Å²) in [6.07, 6.45) is -3.15. The first-order chi connectivity index (χ1) is 14.7. The summed E-state index contributed by atoms with van der Waals surface area (Å²) in [6, 6.07) is 12.3. The second-order valence-electron chi connectivity index (χ2n) is 6.47. The lowest BCUT2D eigenvalue weighted by molar-refractivity contribution is -0.137. The molecule has 0 atom stereocenters. The van der Waals surface area contributed by atoms with Gasteiger partial charge in [-0.05, 0) is 42.0 Å². The van der Waals surface area contributed by atoms with Gasteiger partial charge in [0, 0.05) is 18.7 Å². The molecule has 31 heavy (non-hydrogen) atoms. The molecule has 2 N–H and O–H groups in total. The van der Waals surface area contributed by atoms with Crippen LogP contribution in [0.5, 0.6) is 11.6 Å². The molecule has 2 aromatic carbocycles. The highest BCUT2D eigenvalue weighted by molar-refractivity contribution is 5.92. The van der Waals surface area contributed by atoms with Crippen LogP contribution in [0.3, 0.4) is 0 Å². The number of ether oxygens (including phenoxy) is 1. The monoisotopic (exact) mass is 430 g/mol. The number of carbonyl (C=O) groups excluding carboxylic acids is 2. The third-order valence-corrected chi connectivity index (χ3v) is 3.95. The fourth-order valence-corrected chi connectivity index (χ4v) is 2.57. The van der Waals surface area contributed by atoms with Gasteiger partial charge in [0.15, 0.2) is 0 Å². The van der Waals surface area contributed by atoms with Crippen LogP contribution in [0.25, 0.3) is 0 Å². The quantitative estimate of drug-likeness (QED) is 0.604. The van der Waals surface area contributed by atoms with Crippen molar-refractivity contribution >= 4 is 23.3 Å². The maximum absolute atomic E-state index is 12.6. The lowest BCUT2D eigenvalue weighted by Gasteiger charge is -2.09. The minimum Gasteiger partial charge on any atom is -0.439 e. The van der Waals surface area contributed by atoms with Gasteiger partial charge in [0.2, 0.25) is 17.7 Å². The van der Waals surface area contributed by atoms with Crippen LogP contribution in [0.2, 0.25) is 0 Å². The zero-order valence-corrected chi connectivity index (χ0v) is 16.2. The average Bonchev–Trinajstić information content (AvgIpc) is 2.69. The van der Waals surface area contributed by atoms with Crippen molar-refractivity contribution in [3.63, 3.8) is 0 Å². The lowest BCUT2D eigenvalue weighted by atomic mass is 10.1. The smallest absolute Gasteiger partial charge is 0.416 e. The second-order valence-corrected chi connectivity index (χ2v) is 6.47. The third-order valence-electron chi connectivity index (χ3n) is 3.95. The number of hydrogen-bond acceptors (Lipinski definition) is 5. The number of nitrogens with zero attached hydrogens (tertiary/aromatic N) is 2. The van der Waals surface area contributed by atoms with E-state index in [0.29, 0.717) is 17.1 Å². The minimum absolute atomic E-state index is 0.0293. The van der Waals surface area contributed by atoms with Crippen LogP contribution in [0, 0.1) is 0 Å². The van der Waals surface area contributed by atoms with E-state index >= 15 is 0 Å². The molecule has 0 aliphatic heterocycles. The van der Waals surface area contributed by atoms with Crippen molar-refractivity contribution in [3.8, 4) is 11.6 Å². The van der Waals surface area contributed by atoms with Gasteiger partial charge in [-0.25, -0.2) is 9.97 Å². The van der Waals surface area contributed by atoms with E-state index in [0.717, 1.165) is 12.1 Å². The van der Waals surface area contributed by atoms with Gasteiger partial charge in [0.25, 0.3) is 0 Å². The summed E-state index contributed by atoms with van der Waals surface area (Å²) < 4.78 is 43.4. The predicted octanol–water partition coefficient (Wildman–Crippen LogP) is 4.43. The average molecular weight is 430 g/mol. The van der Waals surface area contributed by atoms with Crippen LogP contribution in [-0.4, -0.2) is 21.8 Å². The lowest BCUT2D eigenvalue weighted by Crippen LogP contribution is -2.14. The summed E-state index contributed by atoms with van der Waals surface area (Å²) >= 11 is 0. The zero-order valence-electron chi connectivity index (χ0n) is 16.2. The normalized spacial score (nSPS) is 11.0. The number of aromatic nitrogens is 2. The van der Waals surface area contributed by atoms with E-state index in [1.807, 2.05) is 0 Å². The fraction of sp³-hybridized carbons (Fsp3) is 0.143. The number of hydrogen-bond donors (Lipinski definition) is 2. The van der Waals surface area contributed by atoms with Gasteiger partial charge in [0.05, 0.1) is 12.0 Å². The summed E-state index contributed by atoms with van der Waals surface area (Å²) in [7, 11) is 0. The number of amides is 2. The Kier molecular flexibility index (Phi) is 6.49. The van der Waals surface area contributed by atoms with Gasteiger partial charge in [-0.15, -0.1) is 0 Å². The van der Waals surface area contributed by atoms with Crippen molar-refractivity contribution in [2.24, 2.45) is 0 Å². The molecule has 2 amide bonds. The fourth-order valence-electron chi connectivity index (χ4n) is 2.57. The van der Waals surface area contributed by atoms with Crippen LogP contribution in [0.1, 0.15) is 18.1 Å². The molecule has 10 heteroatoms. The van der Waals surface area contributed by atoms with Crippen molar-refractivity contribution in [2.75, 3.05) is 10.6 Å². The Bertz CT molecular complexity index is 1070. The van der Waals surface area contributed by atoms with Crippen LogP contribution in [0.4, 0.5) is 24.7 Å². The molecule has 0 saturated heterocycles. The van der Waals surface area contributed by atoms with Crippen LogP contribution < -0.4 is 15.4 Å². The van der Waals surface area contributed by atoms with Crippen molar-refractivity contribution in [1.82, 2.24) is 9.97 Å².